The van der Waals surface area contributed by atoms with Crippen LogP contribution in [0.1, 0.15) is 32.2 Å². The molecule has 1 aromatic carbocycles. The van der Waals surface area contributed by atoms with E-state index in [0.29, 0.717) is 14.8 Å². The number of ether oxygens (including phenoxy) is 2. The molecule has 0 spiro atoms. The fourth-order valence-corrected chi connectivity index (χ4v) is 4.19. The van der Waals surface area contributed by atoms with E-state index in [-0.39, 0.29) is 23.6 Å². The van der Waals surface area contributed by atoms with Crippen molar-refractivity contribution in [2.24, 2.45) is 0 Å². The van der Waals surface area contributed by atoms with Gasteiger partial charge in [0.25, 0.3) is 5.69 Å². The highest BCUT2D eigenvalue weighted by atomic mass is 32.2. The Morgan fingerprint density at radius 1 is 1.31 bits per heavy atom. The van der Waals surface area contributed by atoms with Crippen LogP contribution in [-0.2, 0) is 16.1 Å². The van der Waals surface area contributed by atoms with Crippen LogP contribution in [0.15, 0.2) is 49.6 Å². The molecular weight excluding hydrogens is 420 g/mol. The van der Waals surface area contributed by atoms with E-state index in [2.05, 4.69) is 9.72 Å². The Bertz CT molecular complexity index is 1070. The Morgan fingerprint density at radius 3 is 2.76 bits per heavy atom. The lowest BCUT2D eigenvalue weighted by Crippen LogP contribution is -2.09. The first-order valence-electron chi connectivity index (χ1n) is 8.09. The van der Waals surface area contributed by atoms with Gasteiger partial charge >= 0.3 is 11.9 Å². The average molecular weight is 434 g/mol. The van der Waals surface area contributed by atoms with Crippen LogP contribution in [0.25, 0.3) is 0 Å². The number of hydrogen-bond acceptors (Lipinski definition) is 10. The van der Waals surface area contributed by atoms with E-state index in [9.17, 15) is 19.7 Å². The number of methoxy groups -OCH3 is 1. The largest absolute Gasteiger partial charge is 0.463 e. The summed E-state index contributed by atoms with van der Waals surface area (Å²) in [5.74, 6) is -1.56. The number of aryl methyl sites for hydroxylation is 1. The maximum absolute atomic E-state index is 12.7. The number of carbonyl (C=O) groups excluding carboxylic acids is 2. The predicted octanol–water partition coefficient (Wildman–Crippen LogP) is 4.25. The van der Waals surface area contributed by atoms with Crippen molar-refractivity contribution in [1.29, 1.82) is 0 Å². The minimum atomic E-state index is -0.776. The zero-order valence-corrected chi connectivity index (χ0v) is 16.9. The van der Waals surface area contributed by atoms with Gasteiger partial charge in [0.05, 0.1) is 23.9 Å². The number of esters is 2. The van der Waals surface area contributed by atoms with Gasteiger partial charge in [-0.1, -0.05) is 11.8 Å². The van der Waals surface area contributed by atoms with Gasteiger partial charge < -0.3 is 13.9 Å². The standard InChI is InChI=1S/C18H14N2O7S2/c1-10-9-28-18(19-10)29-14-4-3-12(20(23)24)7-13(14)16(21)27-8-11-5-6-26-15(11)17(22)25-2/h3-7,9H,8H2,1-2H3. The molecule has 2 aromatic heterocycles. The molecule has 0 unspecified atom stereocenters. The number of furan rings is 1. The van der Waals surface area contributed by atoms with Crippen molar-refractivity contribution in [2.45, 2.75) is 22.8 Å². The predicted molar refractivity (Wildman–Crippen MR) is 103 cm³/mol. The van der Waals surface area contributed by atoms with Gasteiger partial charge in [0.1, 0.15) is 6.61 Å². The molecule has 0 bridgehead atoms. The third-order valence-corrected chi connectivity index (χ3v) is 5.80. The van der Waals surface area contributed by atoms with Gasteiger partial charge in [-0.25, -0.2) is 14.6 Å². The molecule has 2 heterocycles. The fraction of sp³-hybridized carbons (Fsp3) is 0.167. The van der Waals surface area contributed by atoms with Crippen LogP contribution >= 0.6 is 23.1 Å². The highest BCUT2D eigenvalue weighted by Crippen LogP contribution is 2.34. The zero-order valence-electron chi connectivity index (χ0n) is 15.2. The van der Waals surface area contributed by atoms with Crippen LogP contribution in [0.3, 0.4) is 0 Å². The summed E-state index contributed by atoms with van der Waals surface area (Å²) in [6.45, 7) is 1.58. The molecule has 3 aromatic rings. The normalized spacial score (nSPS) is 10.6. The number of benzene rings is 1. The fourth-order valence-electron chi connectivity index (χ4n) is 2.30. The molecule has 29 heavy (non-hydrogen) atoms. The first-order chi connectivity index (χ1) is 13.9. The molecular formula is C18H14N2O7S2. The van der Waals surface area contributed by atoms with Crippen molar-refractivity contribution in [3.63, 3.8) is 0 Å². The number of aromatic nitrogens is 1. The summed E-state index contributed by atoms with van der Waals surface area (Å²) in [6.07, 6.45) is 1.27. The van der Waals surface area contributed by atoms with E-state index in [1.165, 1.54) is 54.7 Å². The second-order valence-corrected chi connectivity index (χ2v) is 7.78. The van der Waals surface area contributed by atoms with E-state index < -0.39 is 16.9 Å². The van der Waals surface area contributed by atoms with Crippen molar-refractivity contribution < 1.29 is 28.4 Å². The molecule has 3 rings (SSSR count). The van der Waals surface area contributed by atoms with Gasteiger partial charge in [0, 0.05) is 33.7 Å². The lowest BCUT2D eigenvalue weighted by Gasteiger charge is -2.08. The van der Waals surface area contributed by atoms with Gasteiger partial charge in [0.15, 0.2) is 4.34 Å². The van der Waals surface area contributed by atoms with Crippen molar-refractivity contribution >= 4 is 40.7 Å². The van der Waals surface area contributed by atoms with Crippen molar-refractivity contribution in [1.82, 2.24) is 4.98 Å². The first kappa shape index (κ1) is 20.6. The molecule has 11 heteroatoms. The summed E-state index contributed by atoms with van der Waals surface area (Å²) >= 11 is 2.61. The van der Waals surface area contributed by atoms with Crippen molar-refractivity contribution in [2.75, 3.05) is 7.11 Å². The summed E-state index contributed by atoms with van der Waals surface area (Å²) in [5.41, 5.74) is 0.939. The smallest absolute Gasteiger partial charge is 0.374 e. The van der Waals surface area contributed by atoms with Crippen molar-refractivity contribution in [3.8, 4) is 0 Å². The van der Waals surface area contributed by atoms with Crippen LogP contribution < -0.4 is 0 Å². The molecule has 0 saturated carbocycles. The molecule has 0 aliphatic carbocycles. The number of carbonyl (C=O) groups is 2. The molecule has 0 N–H and O–H groups in total. The van der Waals surface area contributed by atoms with Crippen molar-refractivity contribution in [3.05, 3.63) is 68.6 Å². The third kappa shape index (κ3) is 4.81. The number of nitro groups is 1. The molecule has 0 aliphatic heterocycles. The maximum Gasteiger partial charge on any atom is 0.374 e. The Hall–Kier alpha value is -3.18. The highest BCUT2D eigenvalue weighted by molar-refractivity contribution is 8.01. The molecule has 0 atom stereocenters. The van der Waals surface area contributed by atoms with E-state index >= 15 is 0 Å². The molecule has 0 aliphatic rings. The number of rotatable bonds is 7. The maximum atomic E-state index is 12.7. The van der Waals surface area contributed by atoms with E-state index in [1.54, 1.807) is 0 Å². The van der Waals surface area contributed by atoms with Crippen LogP contribution in [0.4, 0.5) is 5.69 Å². The first-order valence-corrected chi connectivity index (χ1v) is 9.79. The number of non-ortho nitro benzene ring substituents is 1. The Labute approximate surface area is 172 Å². The van der Waals surface area contributed by atoms with Gasteiger partial charge in [-0.15, -0.1) is 11.3 Å². The minimum Gasteiger partial charge on any atom is -0.463 e. The van der Waals surface area contributed by atoms with E-state index in [0.717, 1.165) is 11.8 Å². The Balaban J connectivity index is 1.84. The number of hydrogen-bond donors (Lipinski definition) is 0. The van der Waals surface area contributed by atoms with E-state index in [1.807, 2.05) is 12.3 Å². The van der Waals surface area contributed by atoms with Gasteiger partial charge in [-0.05, 0) is 19.1 Å². The Morgan fingerprint density at radius 2 is 2.10 bits per heavy atom. The molecule has 150 valence electrons. The van der Waals surface area contributed by atoms with Gasteiger partial charge in [0.2, 0.25) is 5.76 Å². The highest BCUT2D eigenvalue weighted by Gasteiger charge is 2.22. The molecule has 0 radical (unpaired) electrons. The molecule has 9 nitrogen and oxygen atoms in total. The monoisotopic (exact) mass is 434 g/mol. The summed E-state index contributed by atoms with van der Waals surface area (Å²) < 4.78 is 15.6. The number of thiazole rings is 1. The lowest BCUT2D eigenvalue weighted by molar-refractivity contribution is -0.384. The lowest BCUT2D eigenvalue weighted by atomic mass is 10.2. The van der Waals surface area contributed by atoms with Gasteiger partial charge in [-0.3, -0.25) is 10.1 Å². The summed E-state index contributed by atoms with van der Waals surface area (Å²) in [4.78, 5) is 39.6. The second-order valence-electron chi connectivity index (χ2n) is 5.64. The van der Waals surface area contributed by atoms with Gasteiger partial charge in [-0.2, -0.15) is 0 Å². The summed E-state index contributed by atoms with van der Waals surface area (Å²) in [7, 11) is 1.20. The average Bonchev–Trinajstić information content (AvgIpc) is 3.34. The SMILES string of the molecule is COC(=O)c1occc1COC(=O)c1cc([N+](=O)[O-])ccc1Sc1nc(C)cs1. The Kier molecular flexibility index (Phi) is 6.29. The van der Waals surface area contributed by atoms with Crippen LogP contribution in [0.2, 0.25) is 0 Å². The van der Waals surface area contributed by atoms with E-state index in [4.69, 9.17) is 9.15 Å². The second kappa shape index (κ2) is 8.88. The quantitative estimate of drug-likeness (QED) is 0.305. The molecule has 0 fully saturated rings. The minimum absolute atomic E-state index is 0.0279. The molecule has 0 saturated heterocycles. The molecule has 0 amide bonds. The summed E-state index contributed by atoms with van der Waals surface area (Å²) in [5, 5.41) is 13.0. The van der Waals surface area contributed by atoms with Crippen LogP contribution in [0, 0.1) is 17.0 Å². The third-order valence-electron chi connectivity index (χ3n) is 3.67. The van der Waals surface area contributed by atoms with Crippen LogP contribution in [-0.4, -0.2) is 29.0 Å². The topological polar surface area (TPSA) is 122 Å². The van der Waals surface area contributed by atoms with Crippen LogP contribution in [0.5, 0.6) is 0 Å². The zero-order chi connectivity index (χ0) is 21.0. The number of nitro benzene ring substituents is 1. The number of nitrogens with zero attached hydrogens (tertiary/aromatic N) is 2. The summed E-state index contributed by atoms with van der Waals surface area (Å²) in [6, 6.07) is 5.42.